The molecule has 1 N–H and O–H groups in total. The lowest BCUT2D eigenvalue weighted by atomic mass is 10.2. The fraction of sp³-hybridized carbons (Fsp3) is 0.0769. The molecule has 100 valence electrons. The van der Waals surface area contributed by atoms with E-state index in [-0.39, 0.29) is 17.8 Å². The highest BCUT2D eigenvalue weighted by atomic mass is 16.4. The Bertz CT molecular complexity index is 850. The van der Waals surface area contributed by atoms with E-state index in [4.69, 9.17) is 5.11 Å². The summed E-state index contributed by atoms with van der Waals surface area (Å²) in [6.45, 7) is 0.149. The Morgan fingerprint density at radius 1 is 1.25 bits per heavy atom. The number of carboxylic acid groups (broad SMARTS) is 1. The van der Waals surface area contributed by atoms with Gasteiger partial charge in [0.25, 0.3) is 5.56 Å². The predicted molar refractivity (Wildman–Crippen MR) is 69.8 cm³/mol. The van der Waals surface area contributed by atoms with Crippen LogP contribution in [-0.2, 0) is 6.54 Å². The van der Waals surface area contributed by atoms with Gasteiger partial charge in [0.15, 0.2) is 5.69 Å². The second-order valence-electron chi connectivity index (χ2n) is 4.21. The summed E-state index contributed by atoms with van der Waals surface area (Å²) in [4.78, 5) is 27.1. The first-order chi connectivity index (χ1) is 9.66. The van der Waals surface area contributed by atoms with E-state index in [9.17, 15) is 9.59 Å². The van der Waals surface area contributed by atoms with Crippen LogP contribution in [0, 0.1) is 0 Å². The number of hydrogen-bond donors (Lipinski definition) is 1. The Hall–Kier alpha value is -2.96. The molecule has 0 saturated carbocycles. The summed E-state index contributed by atoms with van der Waals surface area (Å²) < 4.78 is 2.90. The monoisotopic (exact) mass is 270 g/mol. The quantitative estimate of drug-likeness (QED) is 0.754. The molecule has 0 aliphatic rings. The Kier molecular flexibility index (Phi) is 2.79. The average Bonchev–Trinajstić information content (AvgIpc) is 2.91. The van der Waals surface area contributed by atoms with Crippen LogP contribution in [0.1, 0.15) is 16.1 Å². The fourth-order valence-corrected chi connectivity index (χ4v) is 2.03. The van der Waals surface area contributed by atoms with E-state index in [1.54, 1.807) is 30.6 Å². The van der Waals surface area contributed by atoms with Crippen molar-refractivity contribution in [2.45, 2.75) is 6.54 Å². The Morgan fingerprint density at radius 2 is 2.10 bits per heavy atom. The molecule has 0 saturated heterocycles. The first-order valence-electron chi connectivity index (χ1n) is 5.87. The maximum Gasteiger partial charge on any atom is 0.354 e. The van der Waals surface area contributed by atoms with Crippen molar-refractivity contribution in [2.75, 3.05) is 0 Å². The molecule has 3 heterocycles. The highest BCUT2D eigenvalue weighted by Crippen LogP contribution is 2.07. The summed E-state index contributed by atoms with van der Waals surface area (Å²) in [7, 11) is 0. The lowest BCUT2D eigenvalue weighted by Gasteiger charge is -2.08. The highest BCUT2D eigenvalue weighted by molar-refractivity contribution is 5.86. The van der Waals surface area contributed by atoms with Gasteiger partial charge in [-0.25, -0.2) is 14.3 Å². The molecule has 0 atom stereocenters. The van der Waals surface area contributed by atoms with Crippen LogP contribution in [0.15, 0.2) is 47.8 Å². The van der Waals surface area contributed by atoms with Crippen molar-refractivity contribution in [1.29, 1.82) is 0 Å². The molecule has 3 aromatic rings. The van der Waals surface area contributed by atoms with Gasteiger partial charge in [0.05, 0.1) is 12.7 Å². The third-order valence-corrected chi connectivity index (χ3v) is 2.97. The van der Waals surface area contributed by atoms with Crippen LogP contribution in [0.3, 0.4) is 0 Å². The van der Waals surface area contributed by atoms with Crippen LogP contribution in [0.5, 0.6) is 0 Å². The third kappa shape index (κ3) is 1.95. The van der Waals surface area contributed by atoms with Gasteiger partial charge in [-0.15, -0.1) is 0 Å². The van der Waals surface area contributed by atoms with Gasteiger partial charge in [0, 0.05) is 24.2 Å². The maximum absolute atomic E-state index is 12.2. The van der Waals surface area contributed by atoms with E-state index in [0.717, 1.165) is 0 Å². The molecule has 0 aliphatic carbocycles. The maximum atomic E-state index is 12.2. The lowest BCUT2D eigenvalue weighted by molar-refractivity contribution is 0.0689. The number of hydrogen-bond acceptors (Lipinski definition) is 4. The number of pyridine rings is 1. The van der Waals surface area contributed by atoms with E-state index >= 15 is 0 Å². The number of carbonyl (C=O) groups is 1. The Labute approximate surface area is 112 Å². The Balaban J connectivity index is 2.08. The molecule has 20 heavy (non-hydrogen) atoms. The SMILES string of the molecule is O=C(O)c1ncccc1Cn1ccn2nccc2c1=O. The molecule has 0 aliphatic heterocycles. The van der Waals surface area contributed by atoms with Crippen molar-refractivity contribution >= 4 is 11.5 Å². The zero-order valence-electron chi connectivity index (χ0n) is 10.3. The molecule has 3 rings (SSSR count). The van der Waals surface area contributed by atoms with Crippen LogP contribution in [0.25, 0.3) is 5.52 Å². The summed E-state index contributed by atoms with van der Waals surface area (Å²) >= 11 is 0. The van der Waals surface area contributed by atoms with Crippen LogP contribution < -0.4 is 5.56 Å². The Morgan fingerprint density at radius 3 is 2.90 bits per heavy atom. The molecule has 7 heteroatoms. The van der Waals surface area contributed by atoms with E-state index < -0.39 is 5.97 Å². The largest absolute Gasteiger partial charge is 0.477 e. The first-order valence-corrected chi connectivity index (χ1v) is 5.87. The number of aromatic carboxylic acids is 1. The first kappa shape index (κ1) is 12.1. The lowest BCUT2D eigenvalue weighted by Crippen LogP contribution is -2.23. The summed E-state index contributed by atoms with van der Waals surface area (Å²) in [6.07, 6.45) is 6.16. The van der Waals surface area contributed by atoms with Gasteiger partial charge in [-0.05, 0) is 12.1 Å². The van der Waals surface area contributed by atoms with Crippen LogP contribution in [0.4, 0.5) is 0 Å². The highest BCUT2D eigenvalue weighted by Gasteiger charge is 2.12. The second kappa shape index (κ2) is 4.61. The molecule has 0 amide bonds. The number of fused-ring (bicyclic) bond motifs is 1. The van der Waals surface area contributed by atoms with Gasteiger partial charge in [0.2, 0.25) is 0 Å². The molecule has 0 spiro atoms. The predicted octanol–water partition coefficient (Wildman–Crippen LogP) is 0.637. The smallest absolute Gasteiger partial charge is 0.354 e. The molecule has 7 nitrogen and oxygen atoms in total. The minimum Gasteiger partial charge on any atom is -0.477 e. The van der Waals surface area contributed by atoms with Crippen molar-refractivity contribution in [1.82, 2.24) is 19.2 Å². The number of aromatic nitrogens is 4. The van der Waals surface area contributed by atoms with Crippen molar-refractivity contribution in [3.8, 4) is 0 Å². The summed E-state index contributed by atoms with van der Waals surface area (Å²) in [5.74, 6) is -1.11. The molecule has 0 unspecified atom stereocenters. The van der Waals surface area contributed by atoms with Crippen LogP contribution in [0.2, 0.25) is 0 Å². The summed E-state index contributed by atoms with van der Waals surface area (Å²) in [6, 6.07) is 4.90. The van der Waals surface area contributed by atoms with Gasteiger partial charge >= 0.3 is 5.97 Å². The molecule has 0 aromatic carbocycles. The molecule has 3 aromatic heterocycles. The number of carboxylic acids is 1. The van der Waals surface area contributed by atoms with Gasteiger partial charge in [-0.2, -0.15) is 5.10 Å². The van der Waals surface area contributed by atoms with E-state index in [1.807, 2.05) is 0 Å². The zero-order valence-corrected chi connectivity index (χ0v) is 10.3. The molecular formula is C13H10N4O3. The molecule has 0 fully saturated rings. The van der Waals surface area contributed by atoms with Gasteiger partial charge < -0.3 is 9.67 Å². The summed E-state index contributed by atoms with van der Waals surface area (Å²) in [5, 5.41) is 13.1. The average molecular weight is 270 g/mol. The standard InChI is InChI=1S/C13H10N4O3/c18-12-10-3-5-15-17(10)7-6-16(12)8-9-2-1-4-14-11(9)13(19)20/h1-7H,8H2,(H,19,20). The molecule has 0 radical (unpaired) electrons. The third-order valence-electron chi connectivity index (χ3n) is 2.97. The van der Waals surface area contributed by atoms with Crippen LogP contribution >= 0.6 is 0 Å². The molecule has 0 bridgehead atoms. The van der Waals surface area contributed by atoms with Gasteiger partial charge in [0.1, 0.15) is 5.52 Å². The van der Waals surface area contributed by atoms with Gasteiger partial charge in [-0.3, -0.25) is 4.79 Å². The van der Waals surface area contributed by atoms with Crippen LogP contribution in [-0.4, -0.2) is 30.2 Å². The fourth-order valence-electron chi connectivity index (χ4n) is 2.03. The normalized spacial score (nSPS) is 10.8. The zero-order chi connectivity index (χ0) is 14.1. The number of nitrogens with zero attached hydrogens (tertiary/aromatic N) is 4. The number of rotatable bonds is 3. The minimum absolute atomic E-state index is 0.0484. The van der Waals surface area contributed by atoms with Crippen molar-refractivity contribution in [3.63, 3.8) is 0 Å². The van der Waals surface area contributed by atoms with Crippen molar-refractivity contribution in [2.24, 2.45) is 0 Å². The minimum atomic E-state index is -1.11. The van der Waals surface area contributed by atoms with Crippen molar-refractivity contribution in [3.05, 3.63) is 64.6 Å². The van der Waals surface area contributed by atoms with E-state index in [0.29, 0.717) is 11.1 Å². The van der Waals surface area contributed by atoms with E-state index in [1.165, 1.54) is 21.5 Å². The summed E-state index contributed by atoms with van der Waals surface area (Å²) in [5.41, 5.74) is 0.636. The second-order valence-corrected chi connectivity index (χ2v) is 4.21. The molecular weight excluding hydrogens is 260 g/mol. The van der Waals surface area contributed by atoms with E-state index in [2.05, 4.69) is 10.1 Å². The topological polar surface area (TPSA) is 89.5 Å². The van der Waals surface area contributed by atoms with Gasteiger partial charge in [-0.1, -0.05) is 6.07 Å². The van der Waals surface area contributed by atoms with Crippen molar-refractivity contribution < 1.29 is 9.90 Å².